The van der Waals surface area contributed by atoms with Gasteiger partial charge in [-0.1, -0.05) is 0 Å². The van der Waals surface area contributed by atoms with Gasteiger partial charge in [-0.2, -0.15) is 8.42 Å². The molecule has 1 heterocycles. The van der Waals surface area contributed by atoms with E-state index in [0.29, 0.717) is 13.0 Å². The summed E-state index contributed by atoms with van der Waals surface area (Å²) in [5.74, 6) is 0.778. The number of halogens is 1. The summed E-state index contributed by atoms with van der Waals surface area (Å²) in [5, 5.41) is 0. The fraction of sp³-hybridized carbons (Fsp3) is 0.571. The highest BCUT2D eigenvalue weighted by molar-refractivity contribution is 7.85. The molecule has 0 aliphatic carbocycles. The second-order valence-electron chi connectivity index (χ2n) is 2.88. The zero-order valence-corrected chi connectivity index (χ0v) is 9.35. The number of hydrogen-bond acceptors (Lipinski definition) is 2. The van der Waals surface area contributed by atoms with Gasteiger partial charge in [0, 0.05) is 13.3 Å². The van der Waals surface area contributed by atoms with Crippen LogP contribution in [0.15, 0.2) is 12.4 Å². The summed E-state index contributed by atoms with van der Waals surface area (Å²) in [4.78, 5) is 2.97. The molecule has 0 aromatic carbocycles. The van der Waals surface area contributed by atoms with Crippen molar-refractivity contribution in [1.82, 2.24) is 4.98 Å². The number of nitrogens with one attached hydrogen (secondary N) is 1. The Morgan fingerprint density at radius 1 is 1.57 bits per heavy atom. The maximum Gasteiger partial charge on any atom is 0.265 e. The Hall–Kier alpha value is -0.590. The monoisotopic (exact) mass is 240 g/mol. The molecule has 0 unspecified atom stereocenters. The van der Waals surface area contributed by atoms with Crippen LogP contribution in [0.1, 0.15) is 12.2 Å². The summed E-state index contributed by atoms with van der Waals surface area (Å²) in [6.07, 6.45) is 4.03. The molecular weight excluding hydrogens is 228 g/mol. The van der Waals surface area contributed by atoms with Gasteiger partial charge in [-0.05, 0) is 0 Å². The summed E-state index contributed by atoms with van der Waals surface area (Å²) in [5.41, 5.74) is 0. The van der Waals surface area contributed by atoms with Crippen molar-refractivity contribution < 1.29 is 29.9 Å². The fourth-order valence-electron chi connectivity index (χ4n) is 1.10. The van der Waals surface area contributed by atoms with E-state index in [1.165, 1.54) is 0 Å². The van der Waals surface area contributed by atoms with Crippen molar-refractivity contribution in [3.63, 3.8) is 0 Å². The summed E-state index contributed by atoms with van der Waals surface area (Å²) >= 11 is 0. The van der Waals surface area contributed by atoms with Crippen LogP contribution in [0.4, 0.5) is 0 Å². The smallest absolute Gasteiger partial charge is 0.265 e. The molecule has 1 rings (SSSR count). The first-order chi connectivity index (χ1) is 5.99. The molecule has 0 saturated heterocycles. The number of rotatable bonds is 4. The largest absolute Gasteiger partial charge is 1.00 e. The maximum absolute atomic E-state index is 10.4. The van der Waals surface area contributed by atoms with Crippen molar-refractivity contribution in [2.75, 3.05) is 5.75 Å². The number of nitrogens with zero attached hydrogens (tertiary/aromatic N) is 1. The molecule has 0 amide bonds. The normalized spacial score (nSPS) is 11.0. The summed E-state index contributed by atoms with van der Waals surface area (Å²) in [6.45, 7) is 2.49. The van der Waals surface area contributed by atoms with E-state index in [2.05, 4.69) is 4.98 Å². The van der Waals surface area contributed by atoms with E-state index in [0.717, 1.165) is 5.82 Å². The number of aryl methyl sites for hydroxylation is 2. The van der Waals surface area contributed by atoms with Crippen molar-refractivity contribution >= 4 is 10.1 Å². The van der Waals surface area contributed by atoms with E-state index in [9.17, 15) is 8.42 Å². The highest BCUT2D eigenvalue weighted by atomic mass is 35.5. The topological polar surface area (TPSA) is 74.0 Å². The molecular formula is C7H13ClN2O3S. The van der Waals surface area contributed by atoms with Gasteiger partial charge in [-0.25, -0.2) is 9.55 Å². The van der Waals surface area contributed by atoms with Crippen molar-refractivity contribution in [2.24, 2.45) is 0 Å². The van der Waals surface area contributed by atoms with E-state index < -0.39 is 10.1 Å². The van der Waals surface area contributed by atoms with Crippen LogP contribution in [0.5, 0.6) is 0 Å². The lowest BCUT2D eigenvalue weighted by molar-refractivity contribution is -0.701. The second kappa shape index (κ2) is 5.33. The minimum Gasteiger partial charge on any atom is -1.00 e. The maximum atomic E-state index is 10.4. The summed E-state index contributed by atoms with van der Waals surface area (Å²) < 4.78 is 31.1. The molecule has 0 aliphatic heterocycles. The first-order valence-corrected chi connectivity index (χ1v) is 5.58. The highest BCUT2D eigenvalue weighted by Gasteiger charge is 2.07. The van der Waals surface area contributed by atoms with Crippen molar-refractivity contribution in [1.29, 1.82) is 0 Å². The number of aromatic nitrogens is 2. The predicted octanol–water partition coefficient (Wildman–Crippen LogP) is -3.11. The number of aromatic amines is 1. The first kappa shape index (κ1) is 13.4. The Bertz CT molecular complexity index is 374. The van der Waals surface area contributed by atoms with Crippen LogP contribution < -0.4 is 17.0 Å². The molecule has 0 atom stereocenters. The second-order valence-corrected chi connectivity index (χ2v) is 4.45. The fourth-order valence-corrected chi connectivity index (χ4v) is 1.60. The Labute approximate surface area is 89.3 Å². The van der Waals surface area contributed by atoms with Gasteiger partial charge in [-0.3, -0.25) is 4.55 Å². The Balaban J connectivity index is 0.00000169. The average molecular weight is 241 g/mol. The van der Waals surface area contributed by atoms with Gasteiger partial charge in [0.25, 0.3) is 15.9 Å². The van der Waals surface area contributed by atoms with Crippen LogP contribution in [0.2, 0.25) is 0 Å². The molecule has 2 N–H and O–H groups in total. The zero-order valence-electron chi connectivity index (χ0n) is 7.77. The van der Waals surface area contributed by atoms with Gasteiger partial charge in [-0.15, -0.1) is 0 Å². The predicted molar refractivity (Wildman–Crippen MR) is 46.8 cm³/mol. The number of H-pyrrole nitrogens is 1. The molecule has 5 nitrogen and oxygen atoms in total. The third kappa shape index (κ3) is 4.59. The average Bonchev–Trinajstić information content (AvgIpc) is 2.34. The molecule has 1 aromatic heterocycles. The standard InChI is InChI=1S/C7H12N2O3S.ClH/c1-7-8-3-5-9(7)4-2-6-13(10,11)12;/h3,5H,2,4,6H2,1H3,(H,10,11,12);1H. The third-order valence-electron chi connectivity index (χ3n) is 1.78. The van der Waals surface area contributed by atoms with Crippen LogP contribution in [-0.2, 0) is 16.7 Å². The third-order valence-corrected chi connectivity index (χ3v) is 2.58. The Morgan fingerprint density at radius 3 is 2.64 bits per heavy atom. The molecule has 7 heteroatoms. The van der Waals surface area contributed by atoms with E-state index in [4.69, 9.17) is 4.55 Å². The minimum atomic E-state index is -3.81. The van der Waals surface area contributed by atoms with Gasteiger partial charge in [0.15, 0.2) is 0 Å². The Kier molecular flexibility index (Phi) is 5.11. The number of hydrogen-bond donors (Lipinski definition) is 2. The van der Waals surface area contributed by atoms with Crippen LogP contribution >= 0.6 is 0 Å². The van der Waals surface area contributed by atoms with E-state index in [1.807, 2.05) is 17.7 Å². The molecule has 14 heavy (non-hydrogen) atoms. The molecule has 1 aromatic rings. The lowest BCUT2D eigenvalue weighted by atomic mass is 10.4. The van der Waals surface area contributed by atoms with Crippen LogP contribution in [-0.4, -0.2) is 23.7 Å². The van der Waals surface area contributed by atoms with Crippen molar-refractivity contribution in [3.8, 4) is 0 Å². The summed E-state index contributed by atoms with van der Waals surface area (Å²) in [7, 11) is -3.81. The van der Waals surface area contributed by atoms with Gasteiger partial charge in [0.05, 0.1) is 12.3 Å². The minimum absolute atomic E-state index is 0. The SMILES string of the molecule is Cc1[nH]cc[n+]1CCCS(=O)(=O)O.[Cl-]. The molecule has 0 aliphatic rings. The molecule has 0 radical (unpaired) electrons. The number of imidazole rings is 1. The van der Waals surface area contributed by atoms with Gasteiger partial charge >= 0.3 is 0 Å². The van der Waals surface area contributed by atoms with Crippen molar-refractivity contribution in [2.45, 2.75) is 19.9 Å². The van der Waals surface area contributed by atoms with Crippen molar-refractivity contribution in [3.05, 3.63) is 18.2 Å². The lowest BCUT2D eigenvalue weighted by Gasteiger charge is -1.96. The van der Waals surface area contributed by atoms with Gasteiger partial charge in [0.1, 0.15) is 12.4 Å². The van der Waals surface area contributed by atoms with E-state index >= 15 is 0 Å². The molecule has 0 saturated carbocycles. The lowest BCUT2D eigenvalue weighted by Crippen LogP contribution is -3.00. The molecule has 0 fully saturated rings. The summed E-state index contributed by atoms with van der Waals surface area (Å²) in [6, 6.07) is 0. The van der Waals surface area contributed by atoms with Crippen LogP contribution in [0.3, 0.4) is 0 Å². The molecule has 0 bridgehead atoms. The molecule has 0 spiro atoms. The quantitative estimate of drug-likeness (QED) is 0.432. The van der Waals surface area contributed by atoms with Gasteiger partial charge < -0.3 is 12.4 Å². The van der Waals surface area contributed by atoms with Crippen LogP contribution in [0, 0.1) is 6.92 Å². The first-order valence-electron chi connectivity index (χ1n) is 3.97. The Morgan fingerprint density at radius 2 is 2.21 bits per heavy atom. The van der Waals surface area contributed by atoms with Gasteiger partial charge in [0.2, 0.25) is 0 Å². The van der Waals surface area contributed by atoms with Crippen LogP contribution in [0.25, 0.3) is 0 Å². The zero-order chi connectivity index (χ0) is 9.90. The molecule has 82 valence electrons. The highest BCUT2D eigenvalue weighted by Crippen LogP contribution is 1.90. The van der Waals surface area contributed by atoms with E-state index in [1.54, 1.807) is 6.20 Å². The van der Waals surface area contributed by atoms with E-state index in [-0.39, 0.29) is 18.2 Å².